The molecule has 9 nitrogen and oxygen atoms in total. The first kappa shape index (κ1) is 25.2. The second-order valence-electron chi connectivity index (χ2n) is 9.12. The Bertz CT molecular complexity index is 1540. The van der Waals surface area contributed by atoms with Gasteiger partial charge in [0, 0.05) is 44.1 Å². The molecule has 0 bridgehead atoms. The number of hydrogen-bond acceptors (Lipinski definition) is 6. The number of rotatable bonds is 7. The van der Waals surface area contributed by atoms with E-state index in [2.05, 4.69) is 10.2 Å². The first-order chi connectivity index (χ1) is 18.5. The van der Waals surface area contributed by atoms with E-state index in [1.807, 2.05) is 10.8 Å². The molecule has 10 heteroatoms. The average molecular weight is 518 g/mol. The summed E-state index contributed by atoms with van der Waals surface area (Å²) in [6, 6.07) is 13.2. The van der Waals surface area contributed by atoms with Crippen LogP contribution in [0.15, 0.2) is 71.7 Å². The van der Waals surface area contributed by atoms with Gasteiger partial charge in [-0.2, -0.15) is 5.10 Å². The minimum Gasteiger partial charge on any atom is -0.454 e. The fourth-order valence-corrected chi connectivity index (χ4v) is 4.86. The first-order valence-corrected chi connectivity index (χ1v) is 12.3. The van der Waals surface area contributed by atoms with Gasteiger partial charge in [0.25, 0.3) is 5.56 Å². The molecule has 1 amide bonds. The lowest BCUT2D eigenvalue weighted by molar-refractivity contribution is -0.127. The number of nitrogen functional groups attached to an aromatic ring is 1. The molecule has 0 saturated carbocycles. The van der Waals surface area contributed by atoms with Gasteiger partial charge in [-0.1, -0.05) is 18.2 Å². The summed E-state index contributed by atoms with van der Waals surface area (Å²) >= 11 is 0. The summed E-state index contributed by atoms with van der Waals surface area (Å²) < 4.78 is 26.5. The monoisotopic (exact) mass is 517 g/mol. The number of ether oxygens (including phenoxy) is 2. The SMILES string of the molecule is COC/C=C/C(=O)N1CCCC(c2cn(-c3ccc(Oc4ccccc4F)cc3)c3c(N)n[nH]c(=O)c23)C1. The molecule has 1 aliphatic heterocycles. The van der Waals surface area contributed by atoms with Crippen molar-refractivity contribution in [1.29, 1.82) is 0 Å². The number of hydrogen-bond donors (Lipinski definition) is 2. The molecule has 0 radical (unpaired) electrons. The highest BCUT2D eigenvalue weighted by Crippen LogP contribution is 2.35. The van der Waals surface area contributed by atoms with Crippen LogP contribution in [0.5, 0.6) is 11.5 Å². The number of H-pyrrole nitrogens is 1. The number of methoxy groups -OCH3 is 1. The highest BCUT2D eigenvalue weighted by molar-refractivity contribution is 5.92. The Hall–Kier alpha value is -4.44. The third-order valence-electron chi connectivity index (χ3n) is 6.66. The highest BCUT2D eigenvalue weighted by atomic mass is 19.1. The maximum absolute atomic E-state index is 14.0. The summed E-state index contributed by atoms with van der Waals surface area (Å²) in [6.07, 6.45) is 6.73. The third kappa shape index (κ3) is 5.03. The fraction of sp³-hybridized carbons (Fsp3) is 0.250. The van der Waals surface area contributed by atoms with Crippen LogP contribution in [0, 0.1) is 5.82 Å². The number of halogens is 1. The van der Waals surface area contributed by atoms with E-state index >= 15 is 0 Å². The molecule has 2 aromatic carbocycles. The summed E-state index contributed by atoms with van der Waals surface area (Å²) in [5.74, 6) is 0.174. The molecule has 196 valence electrons. The molecule has 1 fully saturated rings. The number of nitrogens with zero attached hydrogens (tertiary/aromatic N) is 3. The zero-order chi connectivity index (χ0) is 26.6. The molecule has 1 saturated heterocycles. The van der Waals surface area contributed by atoms with Crippen LogP contribution in [0.2, 0.25) is 0 Å². The number of aromatic amines is 1. The Kier molecular flexibility index (Phi) is 7.23. The van der Waals surface area contributed by atoms with Crippen LogP contribution in [-0.4, -0.2) is 52.4 Å². The number of anilines is 1. The van der Waals surface area contributed by atoms with Gasteiger partial charge in [-0.3, -0.25) is 9.59 Å². The maximum Gasteiger partial charge on any atom is 0.274 e. The van der Waals surface area contributed by atoms with Crippen LogP contribution in [-0.2, 0) is 9.53 Å². The third-order valence-corrected chi connectivity index (χ3v) is 6.66. The Morgan fingerprint density at radius 2 is 2.03 bits per heavy atom. The highest BCUT2D eigenvalue weighted by Gasteiger charge is 2.28. The van der Waals surface area contributed by atoms with Gasteiger partial charge in [0.15, 0.2) is 17.4 Å². The van der Waals surface area contributed by atoms with E-state index in [0.29, 0.717) is 36.3 Å². The van der Waals surface area contributed by atoms with Crippen molar-refractivity contribution in [2.75, 3.05) is 32.5 Å². The molecule has 3 N–H and O–H groups in total. The summed E-state index contributed by atoms with van der Waals surface area (Å²) in [5, 5.41) is 6.94. The maximum atomic E-state index is 14.0. The number of para-hydroxylation sites is 1. The molecular weight excluding hydrogens is 489 g/mol. The molecule has 0 spiro atoms. The molecule has 3 heterocycles. The van der Waals surface area contributed by atoms with Crippen molar-refractivity contribution in [2.24, 2.45) is 0 Å². The van der Waals surface area contributed by atoms with Gasteiger partial charge in [-0.15, -0.1) is 0 Å². The number of carbonyl (C=O) groups excluding carboxylic acids is 1. The predicted molar refractivity (Wildman–Crippen MR) is 142 cm³/mol. The van der Waals surface area contributed by atoms with E-state index in [1.54, 1.807) is 60.6 Å². The minimum atomic E-state index is -0.454. The lowest BCUT2D eigenvalue weighted by Crippen LogP contribution is -2.38. The molecule has 0 aliphatic carbocycles. The van der Waals surface area contributed by atoms with E-state index in [1.165, 1.54) is 12.1 Å². The lowest BCUT2D eigenvalue weighted by Gasteiger charge is -2.32. The zero-order valence-electron chi connectivity index (χ0n) is 20.9. The zero-order valence-corrected chi connectivity index (χ0v) is 20.9. The molecule has 38 heavy (non-hydrogen) atoms. The topological polar surface area (TPSA) is 115 Å². The van der Waals surface area contributed by atoms with E-state index in [-0.39, 0.29) is 29.0 Å². The van der Waals surface area contributed by atoms with Crippen molar-refractivity contribution in [3.05, 3.63) is 88.6 Å². The molecule has 1 atom stereocenters. The van der Waals surface area contributed by atoms with Gasteiger partial charge in [-0.05, 0) is 54.8 Å². The number of aromatic nitrogens is 3. The van der Waals surface area contributed by atoms with E-state index < -0.39 is 5.82 Å². The van der Waals surface area contributed by atoms with Crippen molar-refractivity contribution in [3.63, 3.8) is 0 Å². The number of fused-ring (bicyclic) bond motifs is 1. The van der Waals surface area contributed by atoms with Gasteiger partial charge in [0.2, 0.25) is 5.91 Å². The molecule has 2 aromatic heterocycles. The van der Waals surface area contributed by atoms with Gasteiger partial charge < -0.3 is 24.7 Å². The minimum absolute atomic E-state index is 0.0566. The molecular formula is C28H28FN5O4. The molecule has 5 rings (SSSR count). The number of benzene rings is 2. The largest absolute Gasteiger partial charge is 0.454 e. The summed E-state index contributed by atoms with van der Waals surface area (Å²) in [6.45, 7) is 1.49. The van der Waals surface area contributed by atoms with Gasteiger partial charge in [-0.25, -0.2) is 9.49 Å². The van der Waals surface area contributed by atoms with Crippen LogP contribution < -0.4 is 16.0 Å². The number of nitrogens with one attached hydrogen (secondary N) is 1. The van der Waals surface area contributed by atoms with Crippen molar-refractivity contribution in [1.82, 2.24) is 19.7 Å². The van der Waals surface area contributed by atoms with Crippen molar-refractivity contribution < 1.29 is 18.7 Å². The van der Waals surface area contributed by atoms with Crippen molar-refractivity contribution >= 4 is 22.6 Å². The van der Waals surface area contributed by atoms with Crippen molar-refractivity contribution in [2.45, 2.75) is 18.8 Å². The predicted octanol–water partition coefficient (Wildman–Crippen LogP) is 4.14. The number of nitrogens with two attached hydrogens (primary N) is 1. The molecule has 1 unspecified atom stereocenters. The summed E-state index contributed by atoms with van der Waals surface area (Å²) in [4.78, 5) is 27.4. The second-order valence-corrected chi connectivity index (χ2v) is 9.12. The van der Waals surface area contributed by atoms with Crippen molar-refractivity contribution in [3.8, 4) is 17.2 Å². The van der Waals surface area contributed by atoms with E-state index in [9.17, 15) is 14.0 Å². The standard InChI is InChI=1S/C28H28FN5O4/c1-37-15-5-9-24(35)33-14-4-6-18(16-33)21-17-34(26-25(21)28(36)32-31-27(26)30)19-10-12-20(13-11-19)38-23-8-3-2-7-22(23)29/h2-3,5,7-13,17-18H,4,6,14-16H2,1H3,(H2,30,31)(H,32,36)/b9-5+. The van der Waals surface area contributed by atoms with Crippen LogP contribution in [0.1, 0.15) is 24.3 Å². The van der Waals surface area contributed by atoms with E-state index in [4.69, 9.17) is 15.2 Å². The Morgan fingerprint density at radius 3 is 2.79 bits per heavy atom. The second kappa shape index (κ2) is 10.9. The van der Waals surface area contributed by atoms with Crippen LogP contribution >= 0.6 is 0 Å². The lowest BCUT2D eigenvalue weighted by atomic mass is 9.90. The van der Waals surface area contributed by atoms with Gasteiger partial charge in [0.05, 0.1) is 12.0 Å². The van der Waals surface area contributed by atoms with Crippen LogP contribution in [0.3, 0.4) is 0 Å². The molecule has 4 aromatic rings. The number of carbonyl (C=O) groups is 1. The summed E-state index contributed by atoms with van der Waals surface area (Å²) in [7, 11) is 1.57. The quantitative estimate of drug-likeness (QED) is 0.356. The average Bonchev–Trinajstić information content (AvgIpc) is 3.35. The normalized spacial score (nSPS) is 15.8. The van der Waals surface area contributed by atoms with Crippen LogP contribution in [0.25, 0.3) is 16.6 Å². The summed E-state index contributed by atoms with van der Waals surface area (Å²) in [5.41, 5.74) is 7.93. The van der Waals surface area contributed by atoms with Gasteiger partial charge >= 0.3 is 0 Å². The molecule has 1 aliphatic rings. The Morgan fingerprint density at radius 1 is 1.24 bits per heavy atom. The fourth-order valence-electron chi connectivity index (χ4n) is 4.86. The first-order valence-electron chi connectivity index (χ1n) is 12.3. The number of piperidine rings is 1. The Balaban J connectivity index is 1.48. The number of amides is 1. The van der Waals surface area contributed by atoms with Crippen LogP contribution in [0.4, 0.5) is 10.2 Å². The number of likely N-dealkylation sites (tertiary alicyclic amines) is 1. The van der Waals surface area contributed by atoms with Gasteiger partial charge in [0.1, 0.15) is 11.3 Å². The Labute approximate surface area is 218 Å². The van der Waals surface area contributed by atoms with E-state index in [0.717, 1.165) is 24.1 Å². The smallest absolute Gasteiger partial charge is 0.274 e.